The van der Waals surface area contributed by atoms with Crippen molar-refractivity contribution in [1.29, 1.82) is 0 Å². The molecule has 112 valence electrons. The quantitative estimate of drug-likeness (QED) is 0.704. The van der Waals surface area contributed by atoms with Gasteiger partial charge in [0.1, 0.15) is 0 Å². The molecule has 0 aromatic carbocycles. The van der Waals surface area contributed by atoms with Gasteiger partial charge in [-0.15, -0.1) is 0 Å². The molecule has 1 amide bonds. The second-order valence-electron chi connectivity index (χ2n) is 5.95. The Morgan fingerprint density at radius 2 is 2.21 bits per heavy atom. The second-order valence-corrected chi connectivity index (χ2v) is 5.95. The Morgan fingerprint density at radius 1 is 1.47 bits per heavy atom. The van der Waals surface area contributed by atoms with Crippen LogP contribution in [0.25, 0.3) is 0 Å². The maximum atomic E-state index is 12.4. The Morgan fingerprint density at radius 3 is 2.74 bits per heavy atom. The molecule has 1 aliphatic rings. The van der Waals surface area contributed by atoms with Gasteiger partial charge in [0.25, 0.3) is 0 Å². The molecule has 4 heteroatoms. The van der Waals surface area contributed by atoms with E-state index in [4.69, 9.17) is 0 Å². The van der Waals surface area contributed by atoms with Crippen LogP contribution in [0.2, 0.25) is 0 Å². The highest BCUT2D eigenvalue weighted by Gasteiger charge is 2.39. The molecule has 0 aromatic rings. The summed E-state index contributed by atoms with van der Waals surface area (Å²) in [6.45, 7) is 10.1. The Balaban J connectivity index is 2.37. The lowest BCUT2D eigenvalue weighted by Gasteiger charge is -2.28. The second kappa shape index (κ2) is 7.85. The van der Waals surface area contributed by atoms with Crippen molar-refractivity contribution in [1.82, 2.24) is 15.5 Å². The predicted molar refractivity (Wildman–Crippen MR) is 80.2 cm³/mol. The minimum Gasteiger partial charge on any atom is -0.354 e. The smallest absolute Gasteiger partial charge is 0.227 e. The molecule has 0 spiro atoms. The fourth-order valence-corrected chi connectivity index (χ4v) is 2.81. The van der Waals surface area contributed by atoms with Crippen LogP contribution in [0.4, 0.5) is 0 Å². The van der Waals surface area contributed by atoms with Crippen molar-refractivity contribution < 1.29 is 4.79 Å². The van der Waals surface area contributed by atoms with E-state index < -0.39 is 0 Å². The molecule has 1 fully saturated rings. The molecule has 0 radical (unpaired) electrons. The maximum absolute atomic E-state index is 12.4. The van der Waals surface area contributed by atoms with Crippen molar-refractivity contribution in [3.63, 3.8) is 0 Å². The summed E-state index contributed by atoms with van der Waals surface area (Å²) in [5, 5.41) is 6.47. The van der Waals surface area contributed by atoms with Gasteiger partial charge in [0.2, 0.25) is 5.91 Å². The average molecular weight is 269 g/mol. The van der Waals surface area contributed by atoms with Gasteiger partial charge in [-0.2, -0.15) is 0 Å². The van der Waals surface area contributed by atoms with Crippen LogP contribution in [0.5, 0.6) is 0 Å². The summed E-state index contributed by atoms with van der Waals surface area (Å²) in [4.78, 5) is 14.7. The van der Waals surface area contributed by atoms with Crippen molar-refractivity contribution in [3.8, 4) is 0 Å². The SMILES string of the molecule is CCCC1(C(=O)NCCN(C)C(C)CC)CCNC1. The molecule has 2 atom stereocenters. The van der Waals surface area contributed by atoms with E-state index in [2.05, 4.69) is 43.4 Å². The van der Waals surface area contributed by atoms with Gasteiger partial charge in [0.15, 0.2) is 0 Å². The molecule has 2 N–H and O–H groups in total. The van der Waals surface area contributed by atoms with Gasteiger partial charge >= 0.3 is 0 Å². The number of likely N-dealkylation sites (N-methyl/N-ethyl adjacent to an activating group) is 1. The standard InChI is InChI=1S/C15H31N3O/c1-5-7-15(8-9-16-12-15)14(19)17-10-11-18(4)13(3)6-2/h13,16H,5-12H2,1-4H3,(H,17,19). The number of hydrogen-bond donors (Lipinski definition) is 2. The summed E-state index contributed by atoms with van der Waals surface area (Å²) in [5.41, 5.74) is -0.149. The summed E-state index contributed by atoms with van der Waals surface area (Å²) < 4.78 is 0. The van der Waals surface area contributed by atoms with E-state index >= 15 is 0 Å². The van der Waals surface area contributed by atoms with Gasteiger partial charge in [-0.1, -0.05) is 20.3 Å². The highest BCUT2D eigenvalue weighted by atomic mass is 16.2. The minimum atomic E-state index is -0.149. The number of amides is 1. The molecule has 0 bridgehead atoms. The molecule has 19 heavy (non-hydrogen) atoms. The minimum absolute atomic E-state index is 0.149. The molecule has 0 saturated carbocycles. The molecule has 4 nitrogen and oxygen atoms in total. The monoisotopic (exact) mass is 269 g/mol. The maximum Gasteiger partial charge on any atom is 0.227 e. The molecule has 0 aliphatic carbocycles. The van der Waals surface area contributed by atoms with Gasteiger partial charge < -0.3 is 15.5 Å². The van der Waals surface area contributed by atoms with Crippen molar-refractivity contribution in [2.45, 2.75) is 52.5 Å². The van der Waals surface area contributed by atoms with E-state index in [1.165, 1.54) is 0 Å². The molecule has 1 heterocycles. The predicted octanol–water partition coefficient (Wildman–Crippen LogP) is 1.61. The Hall–Kier alpha value is -0.610. The first-order valence-electron chi connectivity index (χ1n) is 7.75. The lowest BCUT2D eigenvalue weighted by molar-refractivity contribution is -0.130. The van der Waals surface area contributed by atoms with Crippen molar-refractivity contribution in [3.05, 3.63) is 0 Å². The first-order chi connectivity index (χ1) is 9.05. The van der Waals surface area contributed by atoms with Gasteiger partial charge in [-0.3, -0.25) is 4.79 Å². The Bertz CT molecular complexity index is 275. The highest BCUT2D eigenvalue weighted by molar-refractivity contribution is 5.83. The van der Waals surface area contributed by atoms with Crippen LogP contribution >= 0.6 is 0 Å². The van der Waals surface area contributed by atoms with E-state index in [0.29, 0.717) is 6.04 Å². The fraction of sp³-hybridized carbons (Fsp3) is 0.933. The largest absolute Gasteiger partial charge is 0.354 e. The lowest BCUT2D eigenvalue weighted by Crippen LogP contribution is -2.45. The number of carbonyl (C=O) groups is 1. The first kappa shape index (κ1) is 16.4. The van der Waals surface area contributed by atoms with Gasteiger partial charge in [-0.05, 0) is 39.8 Å². The third-order valence-electron chi connectivity index (χ3n) is 4.55. The fourth-order valence-electron chi connectivity index (χ4n) is 2.81. The van der Waals surface area contributed by atoms with Crippen LogP contribution in [0.3, 0.4) is 0 Å². The third kappa shape index (κ3) is 4.46. The molecule has 1 aliphatic heterocycles. The van der Waals surface area contributed by atoms with Crippen LogP contribution in [-0.2, 0) is 4.79 Å². The highest BCUT2D eigenvalue weighted by Crippen LogP contribution is 2.31. The summed E-state index contributed by atoms with van der Waals surface area (Å²) in [6.07, 6.45) is 4.19. The molecular formula is C15H31N3O. The molecular weight excluding hydrogens is 238 g/mol. The number of nitrogens with zero attached hydrogens (tertiary/aromatic N) is 1. The van der Waals surface area contributed by atoms with Crippen molar-refractivity contribution >= 4 is 5.91 Å². The van der Waals surface area contributed by atoms with E-state index in [0.717, 1.165) is 51.9 Å². The number of nitrogens with one attached hydrogen (secondary N) is 2. The van der Waals surface area contributed by atoms with Gasteiger partial charge in [0, 0.05) is 25.7 Å². The average Bonchev–Trinajstić information content (AvgIpc) is 2.87. The number of carbonyl (C=O) groups excluding carboxylic acids is 1. The summed E-state index contributed by atoms with van der Waals surface area (Å²) in [5.74, 6) is 0.247. The van der Waals surface area contributed by atoms with E-state index in [-0.39, 0.29) is 11.3 Å². The van der Waals surface area contributed by atoms with Gasteiger partial charge in [0.05, 0.1) is 5.41 Å². The van der Waals surface area contributed by atoms with Crippen molar-refractivity contribution in [2.75, 3.05) is 33.2 Å². The lowest BCUT2D eigenvalue weighted by atomic mass is 9.81. The number of rotatable bonds is 8. The van der Waals surface area contributed by atoms with E-state index in [9.17, 15) is 4.79 Å². The van der Waals surface area contributed by atoms with Crippen LogP contribution in [0.1, 0.15) is 46.5 Å². The van der Waals surface area contributed by atoms with E-state index in [1.54, 1.807) is 0 Å². The zero-order valence-corrected chi connectivity index (χ0v) is 13.1. The zero-order valence-electron chi connectivity index (χ0n) is 13.1. The topological polar surface area (TPSA) is 44.4 Å². The zero-order chi connectivity index (χ0) is 14.3. The van der Waals surface area contributed by atoms with Gasteiger partial charge in [-0.25, -0.2) is 0 Å². The normalized spacial score (nSPS) is 24.7. The first-order valence-corrected chi connectivity index (χ1v) is 7.75. The van der Waals surface area contributed by atoms with Crippen LogP contribution < -0.4 is 10.6 Å². The van der Waals surface area contributed by atoms with Crippen LogP contribution in [-0.4, -0.2) is 50.1 Å². The molecule has 0 aromatic heterocycles. The molecule has 1 saturated heterocycles. The molecule has 2 unspecified atom stereocenters. The Kier molecular flexibility index (Phi) is 6.80. The van der Waals surface area contributed by atoms with Crippen LogP contribution in [0.15, 0.2) is 0 Å². The summed E-state index contributed by atoms with van der Waals surface area (Å²) in [6, 6.07) is 0.578. The van der Waals surface area contributed by atoms with E-state index in [1.807, 2.05) is 0 Å². The summed E-state index contributed by atoms with van der Waals surface area (Å²) >= 11 is 0. The third-order valence-corrected chi connectivity index (χ3v) is 4.55. The van der Waals surface area contributed by atoms with Crippen molar-refractivity contribution in [2.24, 2.45) is 5.41 Å². The number of hydrogen-bond acceptors (Lipinski definition) is 3. The molecule has 1 rings (SSSR count). The van der Waals surface area contributed by atoms with Crippen LogP contribution in [0, 0.1) is 5.41 Å². The summed E-state index contributed by atoms with van der Waals surface area (Å²) in [7, 11) is 2.12. The Labute approximate surface area is 118 Å².